The lowest BCUT2D eigenvalue weighted by Crippen LogP contribution is -2.46. The van der Waals surface area contributed by atoms with Crippen LogP contribution in [0.2, 0.25) is 0 Å². The number of benzene rings is 1. The highest BCUT2D eigenvalue weighted by atomic mass is 15.3. The van der Waals surface area contributed by atoms with Gasteiger partial charge in [0.1, 0.15) is 0 Å². The molecule has 2 heterocycles. The van der Waals surface area contributed by atoms with Gasteiger partial charge < -0.3 is 10.2 Å². The maximum atomic E-state index is 4.27. The number of nitrogens with one attached hydrogen (secondary N) is 1. The van der Waals surface area contributed by atoms with Crippen molar-refractivity contribution in [1.29, 1.82) is 0 Å². The Bertz CT molecular complexity index is 506. The summed E-state index contributed by atoms with van der Waals surface area (Å²) in [4.78, 5) is 2.43. The molecule has 1 aromatic heterocycles. The summed E-state index contributed by atoms with van der Waals surface area (Å²) in [6.07, 6.45) is 4.03. The molecule has 0 saturated carbocycles. The van der Waals surface area contributed by atoms with Crippen LogP contribution in [-0.4, -0.2) is 29.4 Å². The van der Waals surface area contributed by atoms with E-state index in [1.165, 1.54) is 11.3 Å². The normalized spacial score (nSPS) is 20.1. The largest absolute Gasteiger partial charge is 0.359 e. The van der Waals surface area contributed by atoms with Crippen LogP contribution in [0.25, 0.3) is 0 Å². The lowest BCUT2D eigenvalue weighted by molar-refractivity contribution is 0.490. The molecule has 18 heavy (non-hydrogen) atoms. The highest BCUT2D eigenvalue weighted by molar-refractivity contribution is 5.46. The molecule has 0 spiro atoms. The van der Waals surface area contributed by atoms with E-state index in [1.54, 1.807) is 0 Å². The van der Waals surface area contributed by atoms with Gasteiger partial charge in [-0.25, -0.2) is 0 Å². The third kappa shape index (κ3) is 2.11. The lowest BCUT2D eigenvalue weighted by atomic mass is 10.0. The third-order valence-corrected chi connectivity index (χ3v) is 3.45. The summed E-state index contributed by atoms with van der Waals surface area (Å²) in [6, 6.07) is 11.1. The van der Waals surface area contributed by atoms with Crippen molar-refractivity contribution in [1.82, 2.24) is 15.1 Å². The molecular formula is C14H18N4. The van der Waals surface area contributed by atoms with Crippen LogP contribution < -0.4 is 10.2 Å². The zero-order chi connectivity index (χ0) is 12.4. The molecule has 4 heteroatoms. The molecule has 0 aliphatic carbocycles. The van der Waals surface area contributed by atoms with Crippen molar-refractivity contribution in [3.8, 4) is 0 Å². The Morgan fingerprint density at radius 2 is 2.11 bits per heavy atom. The molecule has 0 amide bonds. The molecular weight excluding hydrogens is 224 g/mol. The van der Waals surface area contributed by atoms with Gasteiger partial charge in [0, 0.05) is 32.9 Å². The van der Waals surface area contributed by atoms with E-state index < -0.39 is 0 Å². The Labute approximate surface area is 107 Å². The third-order valence-electron chi connectivity index (χ3n) is 3.45. The molecule has 1 aliphatic rings. The smallest absolute Gasteiger partial charge is 0.0758 e. The predicted molar refractivity (Wildman–Crippen MR) is 72.6 cm³/mol. The molecule has 1 fully saturated rings. The fourth-order valence-electron chi connectivity index (χ4n) is 2.54. The molecule has 1 unspecified atom stereocenters. The first-order chi connectivity index (χ1) is 8.84. The summed E-state index contributed by atoms with van der Waals surface area (Å²) in [6.45, 7) is 3.03. The molecule has 2 aromatic rings. The second-order valence-corrected chi connectivity index (χ2v) is 4.70. The highest BCUT2D eigenvalue weighted by Gasteiger charge is 2.24. The van der Waals surface area contributed by atoms with Gasteiger partial charge in [0.2, 0.25) is 0 Å². The zero-order valence-corrected chi connectivity index (χ0v) is 10.6. The monoisotopic (exact) mass is 242 g/mol. The topological polar surface area (TPSA) is 33.1 Å². The van der Waals surface area contributed by atoms with Crippen LogP contribution in [0.3, 0.4) is 0 Å². The summed E-state index contributed by atoms with van der Waals surface area (Å²) in [5, 5.41) is 7.75. The van der Waals surface area contributed by atoms with E-state index >= 15 is 0 Å². The summed E-state index contributed by atoms with van der Waals surface area (Å²) in [5.74, 6) is 0. The van der Waals surface area contributed by atoms with E-state index in [0.717, 1.165) is 19.6 Å². The Kier molecular flexibility index (Phi) is 3.02. The van der Waals surface area contributed by atoms with Gasteiger partial charge in [-0.1, -0.05) is 30.3 Å². The SMILES string of the molecule is Cn1cc(N2CCNCC2c2ccccc2)cn1. The van der Waals surface area contributed by atoms with Gasteiger partial charge in [-0.05, 0) is 5.56 Å². The van der Waals surface area contributed by atoms with Crippen molar-refractivity contribution in [2.45, 2.75) is 6.04 Å². The minimum atomic E-state index is 0.393. The van der Waals surface area contributed by atoms with Crippen molar-refractivity contribution in [3.05, 3.63) is 48.3 Å². The van der Waals surface area contributed by atoms with Crippen LogP contribution in [0.1, 0.15) is 11.6 Å². The molecule has 3 rings (SSSR count). The number of rotatable bonds is 2. The standard InChI is InChI=1S/C14H18N4/c1-17-11-13(9-16-17)18-8-7-15-10-14(18)12-5-3-2-4-6-12/h2-6,9,11,14-15H,7-8,10H2,1H3. The number of aryl methyl sites for hydroxylation is 1. The minimum Gasteiger partial charge on any atom is -0.359 e. The molecule has 0 radical (unpaired) electrons. The van der Waals surface area contributed by atoms with Crippen LogP contribution in [0.4, 0.5) is 5.69 Å². The first kappa shape index (κ1) is 11.3. The lowest BCUT2D eigenvalue weighted by Gasteiger charge is -2.37. The molecule has 0 bridgehead atoms. The van der Waals surface area contributed by atoms with Gasteiger partial charge >= 0.3 is 0 Å². The second-order valence-electron chi connectivity index (χ2n) is 4.70. The summed E-state index contributed by atoms with van der Waals surface area (Å²) < 4.78 is 1.86. The number of aromatic nitrogens is 2. The summed E-state index contributed by atoms with van der Waals surface area (Å²) in [5.41, 5.74) is 2.56. The van der Waals surface area contributed by atoms with Gasteiger partial charge in [0.25, 0.3) is 0 Å². The van der Waals surface area contributed by atoms with Crippen LogP contribution >= 0.6 is 0 Å². The van der Waals surface area contributed by atoms with Gasteiger partial charge in [0.05, 0.1) is 17.9 Å². The van der Waals surface area contributed by atoms with Crippen molar-refractivity contribution >= 4 is 5.69 Å². The average molecular weight is 242 g/mol. The van der Waals surface area contributed by atoms with Crippen LogP contribution in [0.15, 0.2) is 42.7 Å². The van der Waals surface area contributed by atoms with E-state index in [9.17, 15) is 0 Å². The first-order valence-corrected chi connectivity index (χ1v) is 6.35. The number of piperazine rings is 1. The van der Waals surface area contributed by atoms with Crippen molar-refractivity contribution < 1.29 is 0 Å². The minimum absolute atomic E-state index is 0.393. The highest BCUT2D eigenvalue weighted by Crippen LogP contribution is 2.27. The van der Waals surface area contributed by atoms with Gasteiger partial charge in [-0.3, -0.25) is 4.68 Å². The fourth-order valence-corrected chi connectivity index (χ4v) is 2.54. The first-order valence-electron chi connectivity index (χ1n) is 6.35. The molecule has 1 aromatic carbocycles. The molecule has 1 atom stereocenters. The van der Waals surface area contributed by atoms with Crippen molar-refractivity contribution in [3.63, 3.8) is 0 Å². The van der Waals surface area contributed by atoms with Crippen molar-refractivity contribution in [2.24, 2.45) is 7.05 Å². The Morgan fingerprint density at radius 3 is 2.83 bits per heavy atom. The van der Waals surface area contributed by atoms with Crippen molar-refractivity contribution in [2.75, 3.05) is 24.5 Å². The second kappa shape index (κ2) is 4.82. The van der Waals surface area contributed by atoms with E-state index in [-0.39, 0.29) is 0 Å². The number of hydrogen-bond acceptors (Lipinski definition) is 3. The molecule has 1 aliphatic heterocycles. The average Bonchev–Trinajstić information content (AvgIpc) is 2.86. The Morgan fingerprint density at radius 1 is 1.28 bits per heavy atom. The summed E-state index contributed by atoms with van der Waals surface area (Å²) >= 11 is 0. The van der Waals surface area contributed by atoms with E-state index in [4.69, 9.17) is 0 Å². The molecule has 1 saturated heterocycles. The molecule has 94 valence electrons. The quantitative estimate of drug-likeness (QED) is 0.868. The number of anilines is 1. The van der Waals surface area contributed by atoms with E-state index in [2.05, 4.69) is 51.8 Å². The van der Waals surface area contributed by atoms with Gasteiger partial charge in [0.15, 0.2) is 0 Å². The van der Waals surface area contributed by atoms with Crippen LogP contribution in [0.5, 0.6) is 0 Å². The molecule has 4 nitrogen and oxygen atoms in total. The van der Waals surface area contributed by atoms with Crippen LogP contribution in [-0.2, 0) is 7.05 Å². The molecule has 1 N–H and O–H groups in total. The Balaban J connectivity index is 1.91. The maximum absolute atomic E-state index is 4.27. The number of hydrogen-bond donors (Lipinski definition) is 1. The van der Waals surface area contributed by atoms with E-state index in [0.29, 0.717) is 6.04 Å². The summed E-state index contributed by atoms with van der Waals surface area (Å²) in [7, 11) is 1.96. The Hall–Kier alpha value is -1.81. The maximum Gasteiger partial charge on any atom is 0.0758 e. The van der Waals surface area contributed by atoms with Gasteiger partial charge in [-0.2, -0.15) is 5.10 Å². The van der Waals surface area contributed by atoms with E-state index in [1.807, 2.05) is 17.9 Å². The number of nitrogens with zero attached hydrogens (tertiary/aromatic N) is 3. The van der Waals surface area contributed by atoms with Crippen LogP contribution in [0, 0.1) is 0 Å². The van der Waals surface area contributed by atoms with Gasteiger partial charge in [-0.15, -0.1) is 0 Å². The zero-order valence-electron chi connectivity index (χ0n) is 10.6. The predicted octanol–water partition coefficient (Wildman–Crippen LogP) is 1.57. The fraction of sp³-hybridized carbons (Fsp3) is 0.357.